The van der Waals surface area contributed by atoms with Crippen LogP contribution in [0.25, 0.3) is 10.9 Å². The first-order valence-electron chi connectivity index (χ1n) is 10.7. The molecule has 0 bridgehead atoms. The molecule has 2 fully saturated rings. The Morgan fingerprint density at radius 2 is 1.80 bits per heavy atom. The van der Waals surface area contributed by atoms with E-state index in [1.165, 1.54) is 24.0 Å². The molecular weight excluding hydrogens is 465 g/mol. The molecular formula is C23H35Cl2N3SiTi-2. The van der Waals surface area contributed by atoms with E-state index in [1.807, 2.05) is 0 Å². The average Bonchev–Trinajstić information content (AvgIpc) is 3.15. The molecule has 2 aliphatic heterocycles. The first-order chi connectivity index (χ1) is 14.0. The van der Waals surface area contributed by atoms with Gasteiger partial charge >= 0.3 is 35.6 Å². The van der Waals surface area contributed by atoms with Crippen molar-refractivity contribution in [3.05, 3.63) is 54.7 Å². The number of rotatable bonds is 4. The molecule has 1 aromatic rings. The van der Waals surface area contributed by atoms with E-state index in [2.05, 4.69) is 72.5 Å². The second-order valence-corrected chi connectivity index (χ2v) is 15.9. The molecule has 3 aliphatic rings. The summed E-state index contributed by atoms with van der Waals surface area (Å²) in [5, 5.41) is 4.58. The van der Waals surface area contributed by atoms with E-state index in [0.29, 0.717) is 12.0 Å². The number of nitrogens with zero attached hydrogens (tertiary/aromatic N) is 3. The summed E-state index contributed by atoms with van der Waals surface area (Å²) in [6.45, 7) is 12.0. The zero-order valence-corrected chi connectivity index (χ0v) is 22.8. The van der Waals surface area contributed by atoms with E-state index >= 15 is 0 Å². The van der Waals surface area contributed by atoms with Crippen LogP contribution in [-0.4, -0.2) is 51.2 Å². The Balaban J connectivity index is 0.000000757. The van der Waals surface area contributed by atoms with Crippen LogP contribution in [0.1, 0.15) is 25.3 Å². The Labute approximate surface area is 201 Å². The Kier molecular flexibility index (Phi) is 10.8. The van der Waals surface area contributed by atoms with Crippen LogP contribution in [0.15, 0.2) is 41.4 Å². The van der Waals surface area contributed by atoms with Gasteiger partial charge in [-0.2, -0.15) is 0 Å². The van der Waals surface area contributed by atoms with Gasteiger partial charge in [0, 0.05) is 12.1 Å². The summed E-state index contributed by atoms with van der Waals surface area (Å²) >= 11 is -0.556. The van der Waals surface area contributed by atoms with Gasteiger partial charge in [0.05, 0.1) is 6.04 Å². The number of fused-ring (bicyclic) bond motifs is 1. The first-order valence-corrected chi connectivity index (χ1v) is 18.0. The van der Waals surface area contributed by atoms with Crippen LogP contribution < -0.4 is 0 Å². The summed E-state index contributed by atoms with van der Waals surface area (Å²) < 4.78 is 2.83. The molecule has 1 aromatic carbocycles. The maximum atomic E-state index is 5.09. The molecule has 3 nitrogen and oxygen atoms in total. The second kappa shape index (κ2) is 12.3. The number of benzene rings is 1. The third-order valence-electron chi connectivity index (χ3n) is 7.07. The number of allylic oxidation sites excluding steroid dienone is 1. The van der Waals surface area contributed by atoms with E-state index in [0.717, 1.165) is 37.6 Å². The third kappa shape index (κ3) is 5.70. The van der Waals surface area contributed by atoms with Crippen molar-refractivity contribution < 1.29 is 17.0 Å². The van der Waals surface area contributed by atoms with E-state index < -0.39 is 25.3 Å². The number of dihydropyridines is 1. The van der Waals surface area contributed by atoms with Gasteiger partial charge in [0.1, 0.15) is 8.24 Å². The number of piperazine rings is 1. The molecule has 166 valence electrons. The topological polar surface area (TPSA) is 29.7 Å². The van der Waals surface area contributed by atoms with Gasteiger partial charge in [-0.1, -0.05) is 56.8 Å². The van der Waals surface area contributed by atoms with Crippen LogP contribution in [0.2, 0.25) is 18.6 Å². The molecule has 4 atom stereocenters. The molecule has 0 aromatic heterocycles. The minimum absolute atomic E-state index is 0. The Morgan fingerprint density at radius 3 is 2.40 bits per heavy atom. The summed E-state index contributed by atoms with van der Waals surface area (Å²) in [5.74, 6) is 1.39. The van der Waals surface area contributed by atoms with Gasteiger partial charge < -0.3 is 17.3 Å². The minimum atomic E-state index is -1.56. The fraction of sp³-hybridized carbons (Fsp3) is 0.565. The molecule has 0 radical (unpaired) electrons. The third-order valence-corrected chi connectivity index (χ3v) is 11.6. The fourth-order valence-electron chi connectivity index (χ4n) is 5.74. The predicted molar refractivity (Wildman–Crippen MR) is 133 cm³/mol. The van der Waals surface area contributed by atoms with Crippen molar-refractivity contribution in [1.82, 2.24) is 4.57 Å². The van der Waals surface area contributed by atoms with Crippen molar-refractivity contribution in [2.24, 2.45) is 16.8 Å². The molecule has 2 heterocycles. The average molecular weight is 500 g/mol. The summed E-state index contributed by atoms with van der Waals surface area (Å²) in [5.41, 5.74) is 3.66. The van der Waals surface area contributed by atoms with Crippen LogP contribution in [0, 0.1) is 19.3 Å². The Bertz CT molecular complexity index is 708. The van der Waals surface area contributed by atoms with Gasteiger partial charge in [0.25, 0.3) is 0 Å². The van der Waals surface area contributed by atoms with Crippen LogP contribution >= 0.6 is 18.6 Å². The summed E-state index contributed by atoms with van der Waals surface area (Å²) in [6, 6.07) is 11.5. The van der Waals surface area contributed by atoms with Gasteiger partial charge in [0.15, 0.2) is 0 Å². The second-order valence-electron chi connectivity index (χ2n) is 8.70. The summed E-state index contributed by atoms with van der Waals surface area (Å²) in [7, 11) is 8.22. The zero-order valence-electron chi connectivity index (χ0n) is 18.7. The molecule has 30 heavy (non-hydrogen) atoms. The first kappa shape index (κ1) is 26.3. The molecule has 1 saturated heterocycles. The SMILES string of the molecule is CCC1CC2C(c3ccccc3)=CC=NC2C1[Si](C)(C)N1CC[N-]CC1.[CH3-].[Cl][Ti][Cl]. The maximum absolute atomic E-state index is 5.09. The molecule has 7 heteroatoms. The summed E-state index contributed by atoms with van der Waals surface area (Å²) in [6.07, 6.45) is 6.97. The van der Waals surface area contributed by atoms with Gasteiger partial charge in [-0.15, -0.1) is 13.1 Å². The predicted octanol–water partition coefficient (Wildman–Crippen LogP) is 6.66. The monoisotopic (exact) mass is 499 g/mol. The van der Waals surface area contributed by atoms with Crippen LogP contribution in [0.5, 0.6) is 0 Å². The van der Waals surface area contributed by atoms with Crippen LogP contribution in [-0.2, 0) is 17.0 Å². The zero-order chi connectivity index (χ0) is 20.9. The molecule has 4 unspecified atom stereocenters. The van der Waals surface area contributed by atoms with Crippen LogP contribution in [0.3, 0.4) is 0 Å². The number of hydrogen-bond acceptors (Lipinski definition) is 2. The standard InChI is InChI=1S/C22H32N3Si.CH3.2ClH.Ti/c1-4-17-16-20-19(18-8-6-5-7-9-18)10-11-24-21(20)22(17)26(2,3)25-14-12-23-13-15-25;;;;/h5-11,17,20-22H,4,12-16H2,1-3H3;1H3;2*1H;/q2*-1;;;+2/p-2. The molecule has 1 saturated carbocycles. The van der Waals surface area contributed by atoms with Gasteiger partial charge in [-0.05, 0) is 48.2 Å². The normalized spacial score (nSPS) is 28.5. The molecule has 0 spiro atoms. The van der Waals surface area contributed by atoms with Gasteiger partial charge in [0.2, 0.25) is 0 Å². The Morgan fingerprint density at radius 1 is 1.17 bits per heavy atom. The van der Waals surface area contributed by atoms with E-state index in [1.54, 1.807) is 0 Å². The number of aliphatic imine (C=N–C) groups is 1. The van der Waals surface area contributed by atoms with Crippen molar-refractivity contribution in [2.45, 2.75) is 44.4 Å². The van der Waals surface area contributed by atoms with Crippen molar-refractivity contribution in [3.8, 4) is 0 Å². The van der Waals surface area contributed by atoms with E-state index in [9.17, 15) is 0 Å². The van der Waals surface area contributed by atoms with Crippen molar-refractivity contribution in [1.29, 1.82) is 0 Å². The fourth-order valence-corrected chi connectivity index (χ4v) is 10.2. The van der Waals surface area contributed by atoms with E-state index in [-0.39, 0.29) is 7.43 Å². The van der Waals surface area contributed by atoms with Crippen molar-refractivity contribution in [2.75, 3.05) is 26.2 Å². The van der Waals surface area contributed by atoms with Crippen molar-refractivity contribution in [3.63, 3.8) is 0 Å². The molecule has 0 N–H and O–H groups in total. The summed E-state index contributed by atoms with van der Waals surface area (Å²) in [4.78, 5) is 5.09. The number of hydrogen-bond donors (Lipinski definition) is 0. The number of halogens is 2. The molecule has 0 amide bonds. The van der Waals surface area contributed by atoms with Gasteiger partial charge in [-0.25, -0.2) is 0 Å². The van der Waals surface area contributed by atoms with Gasteiger partial charge in [-0.3, -0.25) is 4.99 Å². The quantitative estimate of drug-likeness (QED) is 0.336. The molecule has 1 aliphatic carbocycles. The Hall–Kier alpha value is 0.0612. The van der Waals surface area contributed by atoms with Crippen molar-refractivity contribution >= 4 is 38.6 Å². The van der Waals surface area contributed by atoms with Crippen LogP contribution in [0.4, 0.5) is 0 Å². The van der Waals surface area contributed by atoms with E-state index in [4.69, 9.17) is 23.6 Å². The molecule has 4 rings (SSSR count).